The molecule has 0 saturated heterocycles. The third-order valence-electron chi connectivity index (χ3n) is 2.08. The number of Topliss-reactive ketones (excluding diaryl/α,β-unsaturated/α-hetero) is 1. The van der Waals surface area contributed by atoms with Gasteiger partial charge in [0.05, 0.1) is 5.52 Å². The van der Waals surface area contributed by atoms with E-state index < -0.39 is 0 Å². The Bertz CT molecular complexity index is 539. The van der Waals surface area contributed by atoms with Crippen molar-refractivity contribution in [1.82, 2.24) is 4.98 Å². The molecule has 2 aromatic rings. The summed E-state index contributed by atoms with van der Waals surface area (Å²) in [5.41, 5.74) is 1.98. The molecule has 1 N–H and O–H groups in total. The summed E-state index contributed by atoms with van der Waals surface area (Å²) >= 11 is 4.86. The Labute approximate surface area is 99.5 Å². The second kappa shape index (κ2) is 5.61. The largest absolute Gasteiger partial charge is 0.429 e. The average Bonchev–Trinajstić information content (AvgIpc) is 2.70. The van der Waals surface area contributed by atoms with Gasteiger partial charge >= 0.3 is 0 Å². The molecule has 0 spiro atoms. The van der Waals surface area contributed by atoms with Crippen molar-refractivity contribution in [2.24, 2.45) is 0 Å². The van der Waals surface area contributed by atoms with Crippen molar-refractivity contribution >= 4 is 29.1 Å². The second-order valence-corrected chi connectivity index (χ2v) is 3.34. The zero-order valence-electron chi connectivity index (χ0n) is 9.66. The van der Waals surface area contributed by atoms with Crippen LogP contribution >= 0.6 is 12.2 Å². The van der Waals surface area contributed by atoms with Crippen molar-refractivity contribution < 1.29 is 9.21 Å². The van der Waals surface area contributed by atoms with Crippen LogP contribution in [0.2, 0.25) is 0 Å². The lowest BCUT2D eigenvalue weighted by Gasteiger charge is -1.97. The Balaban J connectivity index is 0.000000606. The fourth-order valence-corrected chi connectivity index (χ4v) is 1.59. The summed E-state index contributed by atoms with van der Waals surface area (Å²) in [5, 5.41) is 0. The summed E-state index contributed by atoms with van der Waals surface area (Å²) in [4.78, 5) is 14.7. The molecule has 0 amide bonds. The summed E-state index contributed by atoms with van der Waals surface area (Å²) in [5.74, 6) is 0.0858. The zero-order chi connectivity index (χ0) is 12.1. The van der Waals surface area contributed by atoms with E-state index in [1.165, 1.54) is 0 Å². The smallest absolute Gasteiger partial charge is 0.266 e. The predicted octanol–water partition coefficient (Wildman–Crippen LogP) is 4.11. The molecule has 0 unspecified atom stereocenters. The molecule has 0 aliphatic rings. The average molecular weight is 237 g/mol. The van der Waals surface area contributed by atoms with E-state index in [-0.39, 0.29) is 5.78 Å². The molecule has 0 saturated carbocycles. The van der Waals surface area contributed by atoms with Crippen LogP contribution in [0.4, 0.5) is 0 Å². The van der Waals surface area contributed by atoms with Crippen molar-refractivity contribution in [3.8, 4) is 0 Å². The van der Waals surface area contributed by atoms with E-state index in [0.29, 0.717) is 27.9 Å². The minimum Gasteiger partial charge on any atom is -0.429 e. The monoisotopic (exact) mass is 237 g/mol. The summed E-state index contributed by atoms with van der Waals surface area (Å²) in [6, 6.07) is 5.35. The summed E-state index contributed by atoms with van der Waals surface area (Å²) in [7, 11) is 0. The summed E-state index contributed by atoms with van der Waals surface area (Å²) < 4.78 is 5.21. The van der Waals surface area contributed by atoms with Crippen LogP contribution in [0.15, 0.2) is 22.6 Å². The maximum atomic E-state index is 11.5. The number of aromatic amines is 1. The molecule has 16 heavy (non-hydrogen) atoms. The van der Waals surface area contributed by atoms with Crippen molar-refractivity contribution in [3.05, 3.63) is 28.6 Å². The fraction of sp³-hybridized carbons (Fsp3) is 0.333. The van der Waals surface area contributed by atoms with Gasteiger partial charge in [0.2, 0.25) is 0 Å². The highest BCUT2D eigenvalue weighted by Gasteiger charge is 2.10. The fourth-order valence-electron chi connectivity index (χ4n) is 1.40. The quantitative estimate of drug-likeness (QED) is 0.631. The number of rotatable bonds is 2. The van der Waals surface area contributed by atoms with Gasteiger partial charge in [0.1, 0.15) is 0 Å². The number of H-pyrrole nitrogens is 1. The minimum atomic E-state index is 0.0858. The van der Waals surface area contributed by atoms with Gasteiger partial charge in [-0.25, -0.2) is 0 Å². The maximum Gasteiger partial charge on any atom is 0.266 e. The summed E-state index contributed by atoms with van der Waals surface area (Å²) in [6.07, 6.45) is 0.477. The van der Waals surface area contributed by atoms with Crippen LogP contribution in [0.5, 0.6) is 0 Å². The number of oxazole rings is 1. The molecule has 0 radical (unpaired) electrons. The van der Waals surface area contributed by atoms with Crippen LogP contribution in [0.25, 0.3) is 11.1 Å². The van der Waals surface area contributed by atoms with Crippen LogP contribution in [-0.4, -0.2) is 10.8 Å². The highest BCUT2D eigenvalue weighted by molar-refractivity contribution is 7.71. The minimum absolute atomic E-state index is 0.0858. The van der Waals surface area contributed by atoms with E-state index in [9.17, 15) is 4.79 Å². The van der Waals surface area contributed by atoms with Gasteiger partial charge in [0.15, 0.2) is 11.4 Å². The van der Waals surface area contributed by atoms with Crippen LogP contribution in [0, 0.1) is 4.84 Å². The number of para-hydroxylation sites is 1. The van der Waals surface area contributed by atoms with Gasteiger partial charge in [0.25, 0.3) is 4.84 Å². The van der Waals surface area contributed by atoms with Gasteiger partial charge in [-0.2, -0.15) is 0 Å². The standard InChI is InChI=1S/C10H9NO2S.C2H6/c1-2-7(12)6-4-3-5-8-9(6)11-10(14)13-8;1-2/h3-5H,2H2,1H3,(H,11,14);1-2H3. The van der Waals surface area contributed by atoms with Crippen molar-refractivity contribution in [1.29, 1.82) is 0 Å². The lowest BCUT2D eigenvalue weighted by molar-refractivity contribution is 0.0989. The third kappa shape index (κ3) is 2.39. The van der Waals surface area contributed by atoms with E-state index in [1.807, 2.05) is 20.8 Å². The van der Waals surface area contributed by atoms with Gasteiger partial charge in [-0.15, -0.1) is 0 Å². The highest BCUT2D eigenvalue weighted by Crippen LogP contribution is 2.18. The number of nitrogens with one attached hydrogen (secondary N) is 1. The van der Waals surface area contributed by atoms with Crippen molar-refractivity contribution in [2.75, 3.05) is 0 Å². The Morgan fingerprint density at radius 1 is 1.44 bits per heavy atom. The SMILES string of the molecule is CC.CCC(=O)c1cccc2oc(=S)[nH]c12. The molecule has 3 nitrogen and oxygen atoms in total. The third-order valence-corrected chi connectivity index (χ3v) is 2.26. The first-order valence-corrected chi connectivity index (χ1v) is 5.78. The number of aromatic nitrogens is 1. The molecule has 4 heteroatoms. The Morgan fingerprint density at radius 2 is 2.12 bits per heavy atom. The number of fused-ring (bicyclic) bond motifs is 1. The van der Waals surface area contributed by atoms with E-state index in [0.717, 1.165) is 0 Å². The van der Waals surface area contributed by atoms with Crippen molar-refractivity contribution in [3.63, 3.8) is 0 Å². The lowest BCUT2D eigenvalue weighted by Crippen LogP contribution is -1.96. The number of benzene rings is 1. The predicted molar refractivity (Wildman–Crippen MR) is 67.4 cm³/mol. The Kier molecular flexibility index (Phi) is 4.43. The van der Waals surface area contributed by atoms with Crippen molar-refractivity contribution in [2.45, 2.75) is 27.2 Å². The van der Waals surface area contributed by atoms with Gasteiger partial charge < -0.3 is 9.40 Å². The molecular weight excluding hydrogens is 222 g/mol. The zero-order valence-corrected chi connectivity index (χ0v) is 10.5. The van der Waals surface area contributed by atoms with E-state index in [4.69, 9.17) is 16.6 Å². The first kappa shape index (κ1) is 12.6. The first-order chi connectivity index (χ1) is 7.72. The van der Waals surface area contributed by atoms with Gasteiger partial charge in [0, 0.05) is 12.0 Å². The normalized spacial score (nSPS) is 9.69. The highest BCUT2D eigenvalue weighted by atomic mass is 32.1. The number of ketones is 1. The summed E-state index contributed by atoms with van der Waals surface area (Å²) in [6.45, 7) is 5.83. The molecule has 0 bridgehead atoms. The number of hydrogen-bond acceptors (Lipinski definition) is 3. The second-order valence-electron chi connectivity index (χ2n) is 2.97. The Morgan fingerprint density at radius 3 is 2.75 bits per heavy atom. The molecule has 1 aromatic heterocycles. The van der Waals surface area contributed by atoms with E-state index >= 15 is 0 Å². The first-order valence-electron chi connectivity index (χ1n) is 5.37. The Hall–Kier alpha value is -1.42. The molecule has 86 valence electrons. The van der Waals surface area contributed by atoms with Crippen LogP contribution < -0.4 is 0 Å². The number of hydrogen-bond donors (Lipinski definition) is 1. The van der Waals surface area contributed by atoms with Crippen LogP contribution in [-0.2, 0) is 0 Å². The molecule has 0 aliphatic heterocycles. The molecular formula is C12H15NO2S. The number of carbonyl (C=O) groups is 1. The van der Waals surface area contributed by atoms with Crippen LogP contribution in [0.1, 0.15) is 37.6 Å². The van der Waals surface area contributed by atoms with Gasteiger partial charge in [-0.3, -0.25) is 4.79 Å². The van der Waals surface area contributed by atoms with Crippen LogP contribution in [0.3, 0.4) is 0 Å². The topological polar surface area (TPSA) is 46.0 Å². The number of carbonyl (C=O) groups excluding carboxylic acids is 1. The molecule has 0 fully saturated rings. The van der Waals surface area contributed by atoms with Gasteiger partial charge in [-0.1, -0.05) is 26.8 Å². The van der Waals surface area contributed by atoms with E-state index in [2.05, 4.69) is 4.98 Å². The van der Waals surface area contributed by atoms with Gasteiger partial charge in [-0.05, 0) is 24.4 Å². The lowest BCUT2D eigenvalue weighted by atomic mass is 10.1. The maximum absolute atomic E-state index is 11.5. The molecule has 0 aliphatic carbocycles. The van der Waals surface area contributed by atoms with E-state index in [1.54, 1.807) is 18.2 Å². The molecule has 1 heterocycles. The molecule has 2 rings (SSSR count). The molecule has 1 aromatic carbocycles. The molecule has 0 atom stereocenters.